The van der Waals surface area contributed by atoms with Gasteiger partial charge in [0.15, 0.2) is 0 Å². The molecule has 2 unspecified atom stereocenters. The molecule has 2 N–H and O–H groups in total. The number of ether oxygens (including phenoxy) is 2. The van der Waals surface area contributed by atoms with Gasteiger partial charge >= 0.3 is 0 Å². The smallest absolute Gasteiger partial charge is 0.138 e. The quantitative estimate of drug-likeness (QED) is 0.805. The molecule has 1 aromatic rings. The maximum atomic E-state index is 9.92. The van der Waals surface area contributed by atoms with Gasteiger partial charge in [-0.15, -0.1) is 0 Å². The van der Waals surface area contributed by atoms with Gasteiger partial charge in [0, 0.05) is 24.7 Å². The van der Waals surface area contributed by atoms with Crippen molar-refractivity contribution in [2.24, 2.45) is 0 Å². The molecule has 0 aromatic heterocycles. The molecule has 4 nitrogen and oxygen atoms in total. The first kappa shape index (κ1) is 16.8. The molecule has 1 fully saturated rings. The molecule has 2 rings (SSSR count). The van der Waals surface area contributed by atoms with Crippen molar-refractivity contribution >= 4 is 23.2 Å². The predicted octanol–water partition coefficient (Wildman–Crippen LogP) is 2.89. The molecule has 118 valence electrons. The lowest BCUT2D eigenvalue weighted by Crippen LogP contribution is -2.41. The highest BCUT2D eigenvalue weighted by Gasteiger charge is 2.29. The number of nitrogens with one attached hydrogen (secondary N) is 1. The van der Waals surface area contributed by atoms with Crippen LogP contribution >= 0.6 is 23.2 Å². The van der Waals surface area contributed by atoms with Crippen LogP contribution in [0.15, 0.2) is 18.2 Å². The Hall–Kier alpha value is -0.520. The molecule has 1 aliphatic heterocycles. The van der Waals surface area contributed by atoms with E-state index in [9.17, 15) is 5.11 Å². The molecule has 1 heterocycles. The molecule has 0 bridgehead atoms. The normalized spacial score (nSPS) is 23.2. The average Bonchev–Trinajstić information content (AvgIpc) is 2.85. The molecule has 1 saturated heterocycles. The van der Waals surface area contributed by atoms with E-state index < -0.39 is 6.10 Å². The van der Waals surface area contributed by atoms with Gasteiger partial charge in [-0.3, -0.25) is 0 Å². The number of hydrogen-bond acceptors (Lipinski definition) is 4. The van der Waals surface area contributed by atoms with E-state index in [1.807, 2.05) is 0 Å². The molecule has 0 saturated carbocycles. The van der Waals surface area contributed by atoms with Gasteiger partial charge in [0.1, 0.15) is 18.5 Å². The van der Waals surface area contributed by atoms with Gasteiger partial charge in [-0.1, -0.05) is 23.2 Å². The minimum atomic E-state index is -0.609. The maximum absolute atomic E-state index is 9.92. The van der Waals surface area contributed by atoms with Crippen LogP contribution in [0.2, 0.25) is 10.0 Å². The Morgan fingerprint density at radius 3 is 2.95 bits per heavy atom. The van der Waals surface area contributed by atoms with E-state index in [1.165, 1.54) is 0 Å². The Bertz CT molecular complexity index is 464. The highest BCUT2D eigenvalue weighted by atomic mass is 35.5. The highest BCUT2D eigenvalue weighted by Crippen LogP contribution is 2.27. The Morgan fingerprint density at radius 2 is 2.29 bits per heavy atom. The van der Waals surface area contributed by atoms with Crippen LogP contribution in [-0.2, 0) is 4.74 Å². The lowest BCUT2D eigenvalue weighted by Gasteiger charge is -2.24. The van der Waals surface area contributed by atoms with Crippen LogP contribution in [0.25, 0.3) is 0 Å². The van der Waals surface area contributed by atoms with E-state index >= 15 is 0 Å². The number of benzene rings is 1. The van der Waals surface area contributed by atoms with Gasteiger partial charge in [-0.25, -0.2) is 0 Å². The van der Waals surface area contributed by atoms with Crippen LogP contribution < -0.4 is 10.1 Å². The second-order valence-corrected chi connectivity index (χ2v) is 6.42. The molecule has 21 heavy (non-hydrogen) atoms. The summed E-state index contributed by atoms with van der Waals surface area (Å²) >= 11 is 11.8. The first-order valence-corrected chi connectivity index (χ1v) is 7.85. The Labute approximate surface area is 135 Å². The summed E-state index contributed by atoms with van der Waals surface area (Å²) in [5.41, 5.74) is -0.111. The van der Waals surface area contributed by atoms with Gasteiger partial charge in [0.05, 0.1) is 10.6 Å². The van der Waals surface area contributed by atoms with Crippen LogP contribution in [0.3, 0.4) is 0 Å². The lowest BCUT2D eigenvalue weighted by atomic mass is 10.0. The van der Waals surface area contributed by atoms with Crippen molar-refractivity contribution in [2.45, 2.75) is 31.5 Å². The average molecular weight is 334 g/mol. The summed E-state index contributed by atoms with van der Waals surface area (Å²) in [7, 11) is 0. The molecular formula is C15H21Cl2NO3. The molecule has 1 aromatic carbocycles. The summed E-state index contributed by atoms with van der Waals surface area (Å²) in [6, 6.07) is 5.01. The van der Waals surface area contributed by atoms with Crippen molar-refractivity contribution in [3.05, 3.63) is 28.2 Å². The molecule has 0 spiro atoms. The second-order valence-electron chi connectivity index (χ2n) is 5.57. The monoisotopic (exact) mass is 333 g/mol. The summed E-state index contributed by atoms with van der Waals surface area (Å²) in [5, 5.41) is 14.1. The fourth-order valence-electron chi connectivity index (χ4n) is 2.32. The van der Waals surface area contributed by atoms with E-state index in [2.05, 4.69) is 12.2 Å². The van der Waals surface area contributed by atoms with Gasteiger partial charge in [0.25, 0.3) is 0 Å². The van der Waals surface area contributed by atoms with Gasteiger partial charge in [-0.05, 0) is 38.0 Å². The van der Waals surface area contributed by atoms with E-state index in [0.29, 0.717) is 22.3 Å². The molecule has 0 amide bonds. The van der Waals surface area contributed by atoms with E-state index in [1.54, 1.807) is 18.2 Å². The first-order valence-electron chi connectivity index (χ1n) is 7.09. The van der Waals surface area contributed by atoms with Crippen LogP contribution in [0.4, 0.5) is 0 Å². The molecule has 2 atom stereocenters. The SMILES string of the molecule is CC1(CNCC(O)COc2ccc(Cl)cc2Cl)CCCO1. The van der Waals surface area contributed by atoms with Gasteiger partial charge in [0.2, 0.25) is 0 Å². The maximum Gasteiger partial charge on any atom is 0.138 e. The molecular weight excluding hydrogens is 313 g/mol. The molecule has 0 radical (unpaired) electrons. The van der Waals surface area contributed by atoms with Crippen molar-refractivity contribution in [3.8, 4) is 5.75 Å². The molecule has 1 aliphatic rings. The zero-order valence-corrected chi connectivity index (χ0v) is 13.6. The highest BCUT2D eigenvalue weighted by molar-refractivity contribution is 6.35. The predicted molar refractivity (Wildman–Crippen MR) is 84.4 cm³/mol. The van der Waals surface area contributed by atoms with E-state index in [0.717, 1.165) is 26.0 Å². The Balaban J connectivity index is 1.68. The van der Waals surface area contributed by atoms with Crippen LogP contribution in [0.5, 0.6) is 5.75 Å². The van der Waals surface area contributed by atoms with Crippen LogP contribution in [0, 0.1) is 0 Å². The summed E-state index contributed by atoms with van der Waals surface area (Å²) < 4.78 is 11.2. The van der Waals surface area contributed by atoms with Crippen molar-refractivity contribution in [1.82, 2.24) is 5.32 Å². The molecule has 6 heteroatoms. The number of aliphatic hydroxyl groups excluding tert-OH is 1. The lowest BCUT2D eigenvalue weighted by molar-refractivity contribution is 0.0170. The van der Waals surface area contributed by atoms with Crippen LogP contribution in [-0.4, -0.2) is 43.1 Å². The zero-order chi connectivity index (χ0) is 15.3. The van der Waals surface area contributed by atoms with Crippen molar-refractivity contribution in [2.75, 3.05) is 26.3 Å². The second kappa shape index (κ2) is 7.65. The number of rotatable bonds is 7. The third-order valence-corrected chi connectivity index (χ3v) is 4.04. The van der Waals surface area contributed by atoms with Gasteiger partial charge in [-0.2, -0.15) is 0 Å². The first-order chi connectivity index (χ1) is 9.98. The van der Waals surface area contributed by atoms with E-state index in [4.69, 9.17) is 32.7 Å². The summed E-state index contributed by atoms with van der Waals surface area (Å²) in [6.45, 7) is 4.25. The van der Waals surface area contributed by atoms with Crippen molar-refractivity contribution < 1.29 is 14.6 Å². The fourth-order valence-corrected chi connectivity index (χ4v) is 2.78. The van der Waals surface area contributed by atoms with Crippen molar-refractivity contribution in [3.63, 3.8) is 0 Å². The third-order valence-electron chi connectivity index (χ3n) is 3.50. The fraction of sp³-hybridized carbons (Fsp3) is 0.600. The summed E-state index contributed by atoms with van der Waals surface area (Å²) in [5.74, 6) is 0.520. The standard InChI is InChI=1S/C15H21Cl2NO3/c1-15(5-2-6-21-15)10-18-8-12(19)9-20-14-4-3-11(16)7-13(14)17/h3-4,7,12,18-19H,2,5-6,8-10H2,1H3. The summed E-state index contributed by atoms with van der Waals surface area (Å²) in [6.07, 6.45) is 1.54. The minimum Gasteiger partial charge on any atom is -0.489 e. The van der Waals surface area contributed by atoms with E-state index in [-0.39, 0.29) is 12.2 Å². The number of hydrogen-bond donors (Lipinski definition) is 2. The Morgan fingerprint density at radius 1 is 1.48 bits per heavy atom. The summed E-state index contributed by atoms with van der Waals surface area (Å²) in [4.78, 5) is 0. The van der Waals surface area contributed by atoms with Crippen LogP contribution in [0.1, 0.15) is 19.8 Å². The number of aliphatic hydroxyl groups is 1. The minimum absolute atomic E-state index is 0.111. The van der Waals surface area contributed by atoms with Crippen molar-refractivity contribution in [1.29, 1.82) is 0 Å². The topological polar surface area (TPSA) is 50.7 Å². The third kappa shape index (κ3) is 5.31. The Kier molecular flexibility index (Phi) is 6.14. The number of halogens is 2. The molecule has 0 aliphatic carbocycles. The largest absolute Gasteiger partial charge is 0.489 e. The van der Waals surface area contributed by atoms with Gasteiger partial charge < -0.3 is 19.9 Å². The zero-order valence-electron chi connectivity index (χ0n) is 12.1.